The molecule has 1 aliphatic heterocycles. The fourth-order valence-corrected chi connectivity index (χ4v) is 3.81. The Morgan fingerprint density at radius 3 is 2.34 bits per heavy atom. The summed E-state index contributed by atoms with van der Waals surface area (Å²) in [5.74, 6) is -0.253. The number of hydrogen-bond acceptors (Lipinski definition) is 3. The third-order valence-electron chi connectivity index (χ3n) is 5.41. The molecule has 0 bridgehead atoms. The topological polar surface area (TPSA) is 41.4 Å². The number of piperazine rings is 1. The van der Waals surface area contributed by atoms with Crippen molar-refractivity contribution < 1.29 is 18.0 Å². The average Bonchev–Trinajstić information content (AvgIpc) is 2.98. The third-order valence-corrected chi connectivity index (χ3v) is 5.86. The predicted molar refractivity (Wildman–Crippen MR) is 105 cm³/mol. The van der Waals surface area contributed by atoms with Crippen molar-refractivity contribution >= 4 is 17.5 Å². The number of amides is 1. The van der Waals surface area contributed by atoms with Gasteiger partial charge in [-0.15, -0.1) is 0 Å². The number of halogens is 4. The highest BCUT2D eigenvalue weighted by atomic mass is 35.5. The van der Waals surface area contributed by atoms with Crippen LogP contribution in [-0.2, 0) is 17.5 Å². The normalized spacial score (nSPS) is 16.9. The van der Waals surface area contributed by atoms with Crippen LogP contribution in [0.5, 0.6) is 0 Å². The maximum absolute atomic E-state index is 13.1. The van der Waals surface area contributed by atoms with E-state index in [4.69, 9.17) is 11.6 Å². The van der Waals surface area contributed by atoms with Gasteiger partial charge in [0, 0.05) is 32.7 Å². The number of carbonyl (C=O) groups is 1. The summed E-state index contributed by atoms with van der Waals surface area (Å²) in [6, 6.07) is 7.33. The molecule has 1 fully saturated rings. The number of benzene rings is 1. The van der Waals surface area contributed by atoms with Gasteiger partial charge in [0.25, 0.3) is 0 Å². The van der Waals surface area contributed by atoms with Gasteiger partial charge in [-0.25, -0.2) is 0 Å². The lowest BCUT2D eigenvalue weighted by molar-refractivity contribution is -0.142. The molecule has 1 aromatic heterocycles. The molecule has 2 heterocycles. The fraction of sp³-hybridized carbons (Fsp3) is 0.500. The molecule has 1 saturated heterocycles. The molecule has 29 heavy (non-hydrogen) atoms. The number of aromatic nitrogens is 2. The lowest BCUT2D eigenvalue weighted by atomic mass is 10.1. The summed E-state index contributed by atoms with van der Waals surface area (Å²) in [6.45, 7) is 8.34. The number of alkyl halides is 3. The maximum atomic E-state index is 13.1. The first-order valence-corrected chi connectivity index (χ1v) is 9.85. The SMILES string of the molecule is Cc1ccccc1CN1CCN(C(=O)C(C)n2nc(C(F)(F)F)c(Cl)c2C)CC1. The number of nitrogens with zero attached hydrogens (tertiary/aromatic N) is 4. The van der Waals surface area contributed by atoms with Gasteiger partial charge < -0.3 is 4.90 Å². The molecule has 0 aliphatic carbocycles. The van der Waals surface area contributed by atoms with Crippen molar-refractivity contribution in [3.63, 3.8) is 0 Å². The molecule has 0 radical (unpaired) electrons. The van der Waals surface area contributed by atoms with Crippen LogP contribution in [0, 0.1) is 13.8 Å². The Morgan fingerprint density at radius 1 is 1.17 bits per heavy atom. The Morgan fingerprint density at radius 2 is 1.79 bits per heavy atom. The van der Waals surface area contributed by atoms with Gasteiger partial charge in [0.15, 0.2) is 5.69 Å². The quantitative estimate of drug-likeness (QED) is 0.737. The van der Waals surface area contributed by atoms with E-state index in [0.717, 1.165) is 11.2 Å². The van der Waals surface area contributed by atoms with Crippen LogP contribution in [0.3, 0.4) is 0 Å². The Balaban J connectivity index is 1.64. The molecule has 9 heteroatoms. The Hall–Kier alpha value is -2.06. The molecule has 1 aliphatic rings. The van der Waals surface area contributed by atoms with Crippen molar-refractivity contribution in [3.8, 4) is 0 Å². The Labute approximate surface area is 173 Å². The predicted octanol–water partition coefficient (Wildman–Crippen LogP) is 4.08. The van der Waals surface area contributed by atoms with Crippen molar-refractivity contribution in [2.75, 3.05) is 26.2 Å². The molecule has 0 saturated carbocycles. The largest absolute Gasteiger partial charge is 0.436 e. The van der Waals surface area contributed by atoms with Gasteiger partial charge in [-0.1, -0.05) is 35.9 Å². The van der Waals surface area contributed by atoms with Gasteiger partial charge in [0.2, 0.25) is 5.91 Å². The summed E-state index contributed by atoms with van der Waals surface area (Å²) >= 11 is 5.81. The number of rotatable bonds is 4. The molecule has 0 spiro atoms. The summed E-state index contributed by atoms with van der Waals surface area (Å²) in [4.78, 5) is 16.8. The summed E-state index contributed by atoms with van der Waals surface area (Å²) in [5.41, 5.74) is 1.46. The molecule has 5 nitrogen and oxygen atoms in total. The van der Waals surface area contributed by atoms with Gasteiger partial charge in [-0.2, -0.15) is 18.3 Å². The molecule has 1 atom stereocenters. The lowest BCUT2D eigenvalue weighted by Gasteiger charge is -2.36. The molecule has 1 amide bonds. The smallest absolute Gasteiger partial charge is 0.338 e. The first-order chi connectivity index (χ1) is 13.6. The Bertz CT molecular complexity index is 888. The second-order valence-electron chi connectivity index (χ2n) is 7.39. The molecule has 0 N–H and O–H groups in total. The van der Waals surface area contributed by atoms with Crippen LogP contribution in [0.2, 0.25) is 5.02 Å². The molecule has 1 unspecified atom stereocenters. The van der Waals surface area contributed by atoms with E-state index in [1.165, 1.54) is 18.1 Å². The summed E-state index contributed by atoms with van der Waals surface area (Å²) < 4.78 is 40.2. The van der Waals surface area contributed by atoms with E-state index in [2.05, 4.69) is 29.1 Å². The van der Waals surface area contributed by atoms with E-state index in [1.54, 1.807) is 11.8 Å². The van der Waals surface area contributed by atoms with E-state index in [1.807, 2.05) is 12.1 Å². The number of carbonyl (C=O) groups excluding carboxylic acids is 1. The van der Waals surface area contributed by atoms with Crippen molar-refractivity contribution in [1.82, 2.24) is 19.6 Å². The monoisotopic (exact) mass is 428 g/mol. The minimum Gasteiger partial charge on any atom is -0.338 e. The Kier molecular flexibility index (Phi) is 6.24. The number of hydrogen-bond donors (Lipinski definition) is 0. The first-order valence-electron chi connectivity index (χ1n) is 9.47. The van der Waals surface area contributed by atoms with Crippen LogP contribution in [0.1, 0.15) is 35.5 Å². The van der Waals surface area contributed by atoms with Gasteiger partial charge >= 0.3 is 6.18 Å². The standard InChI is InChI=1S/C20H24ClF3N4O/c1-13-6-4-5-7-16(13)12-26-8-10-27(11-9-26)19(29)15(3)28-14(2)17(21)18(25-28)20(22,23)24/h4-7,15H,8-12H2,1-3H3. The molecular weight excluding hydrogens is 405 g/mol. The highest BCUT2D eigenvalue weighted by Crippen LogP contribution is 2.36. The van der Waals surface area contributed by atoms with E-state index in [-0.39, 0.29) is 11.6 Å². The fourth-order valence-electron chi connectivity index (χ4n) is 3.58. The van der Waals surface area contributed by atoms with Crippen LogP contribution in [0.4, 0.5) is 13.2 Å². The van der Waals surface area contributed by atoms with Crippen LogP contribution in [0.15, 0.2) is 24.3 Å². The second kappa shape index (κ2) is 8.36. The van der Waals surface area contributed by atoms with Crippen LogP contribution in [-0.4, -0.2) is 51.7 Å². The molecule has 3 rings (SSSR count). The van der Waals surface area contributed by atoms with Gasteiger partial charge in [0.1, 0.15) is 6.04 Å². The minimum atomic E-state index is -4.66. The maximum Gasteiger partial charge on any atom is 0.436 e. The van der Waals surface area contributed by atoms with E-state index < -0.39 is 22.9 Å². The van der Waals surface area contributed by atoms with E-state index in [0.29, 0.717) is 26.2 Å². The zero-order chi connectivity index (χ0) is 21.3. The van der Waals surface area contributed by atoms with Crippen LogP contribution >= 0.6 is 11.6 Å². The molecule has 1 aromatic carbocycles. The first kappa shape index (κ1) is 21.6. The average molecular weight is 429 g/mol. The van der Waals surface area contributed by atoms with Crippen molar-refractivity contribution in [2.24, 2.45) is 0 Å². The van der Waals surface area contributed by atoms with Gasteiger partial charge in [-0.05, 0) is 31.9 Å². The van der Waals surface area contributed by atoms with Gasteiger partial charge in [0.05, 0.1) is 10.7 Å². The zero-order valence-corrected chi connectivity index (χ0v) is 17.4. The minimum absolute atomic E-state index is 0.137. The highest BCUT2D eigenvalue weighted by Gasteiger charge is 2.39. The van der Waals surface area contributed by atoms with Crippen molar-refractivity contribution in [2.45, 2.75) is 39.5 Å². The van der Waals surface area contributed by atoms with E-state index >= 15 is 0 Å². The zero-order valence-electron chi connectivity index (χ0n) is 16.6. The summed E-state index contributed by atoms with van der Waals surface area (Å²) in [6.07, 6.45) is -4.66. The summed E-state index contributed by atoms with van der Waals surface area (Å²) in [7, 11) is 0. The van der Waals surface area contributed by atoms with Crippen LogP contribution in [0.25, 0.3) is 0 Å². The third kappa shape index (κ3) is 4.59. The molecule has 2 aromatic rings. The molecular formula is C20H24ClF3N4O. The lowest BCUT2D eigenvalue weighted by Crippen LogP contribution is -2.50. The van der Waals surface area contributed by atoms with E-state index in [9.17, 15) is 18.0 Å². The van der Waals surface area contributed by atoms with Crippen LogP contribution < -0.4 is 0 Å². The van der Waals surface area contributed by atoms with Gasteiger partial charge in [-0.3, -0.25) is 14.4 Å². The summed E-state index contributed by atoms with van der Waals surface area (Å²) in [5, 5.41) is 3.12. The second-order valence-corrected chi connectivity index (χ2v) is 7.77. The highest BCUT2D eigenvalue weighted by molar-refractivity contribution is 6.32. The van der Waals surface area contributed by atoms with Crippen molar-refractivity contribution in [3.05, 3.63) is 51.8 Å². The van der Waals surface area contributed by atoms with Crippen molar-refractivity contribution in [1.29, 1.82) is 0 Å². The molecule has 158 valence electrons. The number of aryl methyl sites for hydroxylation is 1.